The van der Waals surface area contributed by atoms with Gasteiger partial charge in [0.25, 0.3) is 0 Å². The Hall–Kier alpha value is -1.76. The molecule has 0 atom stereocenters. The zero-order chi connectivity index (χ0) is 13.1. The van der Waals surface area contributed by atoms with Gasteiger partial charge in [0.2, 0.25) is 0 Å². The van der Waals surface area contributed by atoms with E-state index in [9.17, 15) is 4.39 Å². The van der Waals surface area contributed by atoms with E-state index in [1.807, 2.05) is 6.07 Å². The Kier molecular flexibility index (Phi) is 3.71. The molecule has 0 N–H and O–H groups in total. The predicted octanol–water partition coefficient (Wildman–Crippen LogP) is 4.80. The van der Waals surface area contributed by atoms with Gasteiger partial charge in [0.1, 0.15) is 23.4 Å². The number of benzene rings is 2. The average Bonchev–Trinajstić information content (AvgIpc) is 2.33. The van der Waals surface area contributed by atoms with Crippen LogP contribution in [0.3, 0.4) is 0 Å². The fourth-order valence-corrected chi connectivity index (χ4v) is 1.75. The van der Waals surface area contributed by atoms with E-state index in [0.29, 0.717) is 17.1 Å². The van der Waals surface area contributed by atoms with Crippen LogP contribution in [0.5, 0.6) is 11.5 Å². The third-order valence-electron chi connectivity index (χ3n) is 2.18. The molecule has 0 spiro atoms. The second-order valence-corrected chi connectivity index (χ2v) is 4.24. The lowest BCUT2D eigenvalue weighted by Gasteiger charge is -2.08. The molecule has 0 aliphatic rings. The summed E-state index contributed by atoms with van der Waals surface area (Å²) >= 11 is 11.7. The summed E-state index contributed by atoms with van der Waals surface area (Å²) in [5.41, 5.74) is 0.356. The topological polar surface area (TPSA) is 33.0 Å². The smallest absolute Gasteiger partial charge is 0.146 e. The van der Waals surface area contributed by atoms with Gasteiger partial charge in [0.15, 0.2) is 0 Å². The van der Waals surface area contributed by atoms with Crippen molar-refractivity contribution in [2.24, 2.45) is 0 Å². The highest BCUT2D eigenvalue weighted by atomic mass is 35.5. The van der Waals surface area contributed by atoms with Gasteiger partial charge in [-0.3, -0.25) is 0 Å². The van der Waals surface area contributed by atoms with Gasteiger partial charge >= 0.3 is 0 Å². The summed E-state index contributed by atoms with van der Waals surface area (Å²) in [7, 11) is 0. The van der Waals surface area contributed by atoms with Gasteiger partial charge in [-0.1, -0.05) is 23.2 Å². The van der Waals surface area contributed by atoms with Gasteiger partial charge in [0.05, 0.1) is 15.6 Å². The maximum absolute atomic E-state index is 12.9. The number of nitrogens with zero attached hydrogens (tertiary/aromatic N) is 1. The molecule has 5 heteroatoms. The summed E-state index contributed by atoms with van der Waals surface area (Å²) < 4.78 is 18.3. The predicted molar refractivity (Wildman–Crippen MR) is 67.7 cm³/mol. The SMILES string of the molecule is N#Cc1ccc(Oc2ccc(F)cc2Cl)cc1Cl. The van der Waals surface area contributed by atoms with Gasteiger partial charge in [-0.15, -0.1) is 0 Å². The van der Waals surface area contributed by atoms with Crippen molar-refractivity contribution in [3.8, 4) is 17.6 Å². The summed E-state index contributed by atoms with van der Waals surface area (Å²) in [5, 5.41) is 9.18. The van der Waals surface area contributed by atoms with E-state index >= 15 is 0 Å². The molecule has 0 aromatic heterocycles. The summed E-state index contributed by atoms with van der Waals surface area (Å²) in [6.07, 6.45) is 0. The standard InChI is InChI=1S/C13H6Cl2FNO/c14-11-6-10(3-1-8(11)7-17)18-13-4-2-9(16)5-12(13)15/h1-6H. The van der Waals surface area contributed by atoms with E-state index in [1.54, 1.807) is 6.07 Å². The van der Waals surface area contributed by atoms with Crippen LogP contribution in [0.2, 0.25) is 10.0 Å². The molecule has 0 radical (unpaired) electrons. The summed E-state index contributed by atoms with van der Waals surface area (Å²) in [6.45, 7) is 0. The Bertz CT molecular complexity index is 637. The average molecular weight is 282 g/mol. The minimum atomic E-state index is -0.440. The van der Waals surface area contributed by atoms with Gasteiger partial charge in [-0.2, -0.15) is 5.26 Å². The molecule has 0 bridgehead atoms. The zero-order valence-electron chi connectivity index (χ0n) is 8.95. The van der Waals surface area contributed by atoms with E-state index in [4.69, 9.17) is 33.2 Å². The maximum atomic E-state index is 12.9. The molecular formula is C13H6Cl2FNO. The lowest BCUT2D eigenvalue weighted by atomic mass is 10.2. The second kappa shape index (κ2) is 5.26. The van der Waals surface area contributed by atoms with Crippen LogP contribution in [-0.2, 0) is 0 Å². The summed E-state index contributed by atoms with van der Waals surface area (Å²) in [6, 6.07) is 10.4. The highest BCUT2D eigenvalue weighted by molar-refractivity contribution is 6.32. The molecule has 2 aromatic rings. The molecule has 0 heterocycles. The summed E-state index contributed by atoms with van der Waals surface area (Å²) in [4.78, 5) is 0. The first-order valence-corrected chi connectivity index (χ1v) is 5.68. The van der Waals surface area contributed by atoms with Crippen molar-refractivity contribution in [1.82, 2.24) is 0 Å². The van der Waals surface area contributed by atoms with Crippen molar-refractivity contribution >= 4 is 23.2 Å². The monoisotopic (exact) mass is 281 g/mol. The molecule has 90 valence electrons. The van der Waals surface area contributed by atoms with Crippen molar-refractivity contribution < 1.29 is 9.13 Å². The fourth-order valence-electron chi connectivity index (χ4n) is 1.33. The van der Waals surface area contributed by atoms with Gasteiger partial charge in [-0.25, -0.2) is 4.39 Å². The molecule has 0 saturated carbocycles. The van der Waals surface area contributed by atoms with Gasteiger partial charge in [0, 0.05) is 6.07 Å². The van der Waals surface area contributed by atoms with E-state index in [1.165, 1.54) is 24.3 Å². The van der Waals surface area contributed by atoms with Crippen LogP contribution in [0.1, 0.15) is 5.56 Å². The first-order valence-electron chi connectivity index (χ1n) is 4.92. The normalized spacial score (nSPS) is 9.89. The molecule has 2 rings (SSSR count). The molecular weight excluding hydrogens is 276 g/mol. The Morgan fingerprint density at radius 2 is 1.83 bits per heavy atom. The maximum Gasteiger partial charge on any atom is 0.146 e. The number of hydrogen-bond acceptors (Lipinski definition) is 2. The highest BCUT2D eigenvalue weighted by Gasteiger charge is 2.06. The first kappa shape index (κ1) is 12.7. The number of nitriles is 1. The quantitative estimate of drug-likeness (QED) is 0.792. The van der Waals surface area contributed by atoms with Crippen LogP contribution in [0.25, 0.3) is 0 Å². The highest BCUT2D eigenvalue weighted by Crippen LogP contribution is 2.31. The molecule has 0 saturated heterocycles. The molecule has 0 amide bonds. The molecule has 18 heavy (non-hydrogen) atoms. The van der Waals surface area contributed by atoms with Crippen LogP contribution in [0, 0.1) is 17.1 Å². The van der Waals surface area contributed by atoms with Crippen molar-refractivity contribution in [2.75, 3.05) is 0 Å². The molecule has 0 unspecified atom stereocenters. The Morgan fingerprint density at radius 1 is 1.06 bits per heavy atom. The fraction of sp³-hybridized carbons (Fsp3) is 0. The van der Waals surface area contributed by atoms with E-state index in [2.05, 4.69) is 0 Å². The van der Waals surface area contributed by atoms with Gasteiger partial charge < -0.3 is 4.74 Å². The van der Waals surface area contributed by atoms with Gasteiger partial charge in [-0.05, 0) is 30.3 Å². The lowest BCUT2D eigenvalue weighted by molar-refractivity contribution is 0.481. The van der Waals surface area contributed by atoms with Crippen LogP contribution < -0.4 is 4.74 Å². The minimum Gasteiger partial charge on any atom is -0.456 e. The third kappa shape index (κ3) is 2.73. The van der Waals surface area contributed by atoms with E-state index in [-0.39, 0.29) is 10.0 Å². The van der Waals surface area contributed by atoms with Crippen LogP contribution >= 0.6 is 23.2 Å². The van der Waals surface area contributed by atoms with Crippen LogP contribution in [0.15, 0.2) is 36.4 Å². The Morgan fingerprint density at radius 3 is 2.44 bits per heavy atom. The van der Waals surface area contributed by atoms with E-state index < -0.39 is 5.82 Å². The molecule has 0 aliphatic carbocycles. The lowest BCUT2D eigenvalue weighted by Crippen LogP contribution is -1.87. The molecule has 0 fully saturated rings. The number of ether oxygens (including phenoxy) is 1. The summed E-state index contributed by atoms with van der Waals surface area (Å²) in [5.74, 6) is 0.302. The number of rotatable bonds is 2. The molecule has 2 aromatic carbocycles. The van der Waals surface area contributed by atoms with Crippen molar-refractivity contribution in [1.29, 1.82) is 5.26 Å². The Labute approximate surface area is 113 Å². The van der Waals surface area contributed by atoms with Crippen molar-refractivity contribution in [3.05, 3.63) is 57.8 Å². The molecule has 0 aliphatic heterocycles. The first-order chi connectivity index (χ1) is 8.60. The van der Waals surface area contributed by atoms with Crippen LogP contribution in [-0.4, -0.2) is 0 Å². The Balaban J connectivity index is 2.29. The number of hydrogen-bond donors (Lipinski definition) is 0. The van der Waals surface area contributed by atoms with E-state index in [0.717, 1.165) is 6.07 Å². The number of halogens is 3. The van der Waals surface area contributed by atoms with Crippen molar-refractivity contribution in [3.63, 3.8) is 0 Å². The largest absolute Gasteiger partial charge is 0.456 e. The van der Waals surface area contributed by atoms with Crippen molar-refractivity contribution in [2.45, 2.75) is 0 Å². The minimum absolute atomic E-state index is 0.162. The third-order valence-corrected chi connectivity index (χ3v) is 2.79. The molecule has 2 nitrogen and oxygen atoms in total. The second-order valence-electron chi connectivity index (χ2n) is 3.43. The zero-order valence-corrected chi connectivity index (χ0v) is 10.5. The van der Waals surface area contributed by atoms with Crippen LogP contribution in [0.4, 0.5) is 4.39 Å².